The van der Waals surface area contributed by atoms with Gasteiger partial charge in [-0.2, -0.15) is 0 Å². The Labute approximate surface area is 65.1 Å². The van der Waals surface area contributed by atoms with E-state index in [2.05, 4.69) is 15.4 Å². The monoisotopic (exact) mass is 160 g/mol. The first-order chi connectivity index (χ1) is 5.16. The van der Waals surface area contributed by atoms with Crippen molar-refractivity contribution in [1.82, 2.24) is 10.6 Å². The fourth-order valence-electron chi connectivity index (χ4n) is 0.443. The van der Waals surface area contributed by atoms with E-state index >= 15 is 0 Å². The number of hydrogen-bond acceptors (Lipinski definition) is 3. The van der Waals surface area contributed by atoms with E-state index in [-0.39, 0.29) is 12.5 Å². The van der Waals surface area contributed by atoms with E-state index in [1.165, 1.54) is 14.0 Å². The summed E-state index contributed by atoms with van der Waals surface area (Å²) in [6.07, 6.45) is -0.490. The standard InChI is InChI=1S/C6H12N2O3/c1-5(9)8-3-4-11-6(10)7-2/h3-4H2,1-2H3,(H,7,10)(H,8,9). The van der Waals surface area contributed by atoms with Gasteiger partial charge in [0.2, 0.25) is 5.91 Å². The van der Waals surface area contributed by atoms with E-state index in [0.717, 1.165) is 0 Å². The van der Waals surface area contributed by atoms with Crippen molar-refractivity contribution in [3.63, 3.8) is 0 Å². The van der Waals surface area contributed by atoms with E-state index in [1.54, 1.807) is 0 Å². The van der Waals surface area contributed by atoms with E-state index < -0.39 is 6.09 Å². The smallest absolute Gasteiger partial charge is 0.406 e. The molecular formula is C6H12N2O3. The van der Waals surface area contributed by atoms with Crippen LogP contribution in [0, 0.1) is 0 Å². The topological polar surface area (TPSA) is 67.4 Å². The van der Waals surface area contributed by atoms with Crippen LogP contribution >= 0.6 is 0 Å². The highest BCUT2D eigenvalue weighted by Crippen LogP contribution is 1.73. The molecule has 0 aliphatic rings. The normalized spacial score (nSPS) is 8.55. The summed E-state index contributed by atoms with van der Waals surface area (Å²) in [6.45, 7) is 1.95. The molecule has 0 rings (SSSR count). The van der Waals surface area contributed by atoms with Gasteiger partial charge in [0.25, 0.3) is 0 Å². The van der Waals surface area contributed by atoms with Crippen molar-refractivity contribution in [2.45, 2.75) is 6.92 Å². The molecule has 5 nitrogen and oxygen atoms in total. The molecule has 0 fully saturated rings. The van der Waals surface area contributed by atoms with Crippen LogP contribution in [0.2, 0.25) is 0 Å². The van der Waals surface area contributed by atoms with Crippen LogP contribution in [0.1, 0.15) is 6.92 Å². The van der Waals surface area contributed by atoms with Crippen LogP contribution in [0.25, 0.3) is 0 Å². The molecule has 0 aromatic rings. The van der Waals surface area contributed by atoms with Crippen molar-refractivity contribution in [2.75, 3.05) is 20.2 Å². The van der Waals surface area contributed by atoms with Crippen LogP contribution in [-0.4, -0.2) is 32.2 Å². The number of amides is 2. The van der Waals surface area contributed by atoms with E-state index in [4.69, 9.17) is 0 Å². The third-order valence-corrected chi connectivity index (χ3v) is 0.913. The van der Waals surface area contributed by atoms with Crippen LogP contribution < -0.4 is 10.6 Å². The first-order valence-electron chi connectivity index (χ1n) is 3.25. The van der Waals surface area contributed by atoms with Crippen LogP contribution in [0.3, 0.4) is 0 Å². The van der Waals surface area contributed by atoms with Crippen LogP contribution in [0.15, 0.2) is 0 Å². The summed E-state index contributed by atoms with van der Waals surface area (Å²) in [5.74, 6) is -0.134. The van der Waals surface area contributed by atoms with E-state index in [0.29, 0.717) is 6.54 Å². The molecule has 11 heavy (non-hydrogen) atoms. The van der Waals surface area contributed by atoms with Crippen molar-refractivity contribution < 1.29 is 14.3 Å². The van der Waals surface area contributed by atoms with Gasteiger partial charge in [-0.3, -0.25) is 4.79 Å². The fraction of sp³-hybridized carbons (Fsp3) is 0.667. The highest BCUT2D eigenvalue weighted by atomic mass is 16.5. The second kappa shape index (κ2) is 5.52. The number of carbonyl (C=O) groups is 2. The van der Waals surface area contributed by atoms with Gasteiger partial charge >= 0.3 is 6.09 Å². The van der Waals surface area contributed by atoms with Gasteiger partial charge in [0, 0.05) is 14.0 Å². The average molecular weight is 160 g/mol. The number of rotatable bonds is 3. The minimum atomic E-state index is -0.490. The van der Waals surface area contributed by atoms with Gasteiger partial charge in [-0.15, -0.1) is 0 Å². The number of ether oxygens (including phenoxy) is 1. The average Bonchev–Trinajstić information content (AvgIpc) is 1.97. The minimum absolute atomic E-state index is 0.134. The molecule has 2 amide bonds. The zero-order valence-corrected chi connectivity index (χ0v) is 6.64. The van der Waals surface area contributed by atoms with E-state index in [1.807, 2.05) is 0 Å². The largest absolute Gasteiger partial charge is 0.448 e. The molecule has 64 valence electrons. The maximum absolute atomic E-state index is 10.4. The third kappa shape index (κ3) is 6.63. The SMILES string of the molecule is CNC(=O)OCCNC(C)=O. The summed E-state index contributed by atoms with van der Waals surface area (Å²) < 4.78 is 4.58. The molecule has 0 spiro atoms. The Morgan fingerprint density at radius 2 is 2.09 bits per heavy atom. The van der Waals surface area contributed by atoms with Gasteiger partial charge in [0.05, 0.1) is 6.54 Å². The van der Waals surface area contributed by atoms with Gasteiger partial charge in [-0.25, -0.2) is 4.79 Å². The Hall–Kier alpha value is -1.26. The summed E-state index contributed by atoms with van der Waals surface area (Å²) >= 11 is 0. The molecule has 0 saturated heterocycles. The predicted octanol–water partition coefficient (Wildman–Crippen LogP) is -0.522. The summed E-state index contributed by atoms with van der Waals surface area (Å²) in [6, 6.07) is 0. The zero-order valence-electron chi connectivity index (χ0n) is 6.64. The molecule has 0 heterocycles. The van der Waals surface area contributed by atoms with Crippen LogP contribution in [-0.2, 0) is 9.53 Å². The molecule has 0 unspecified atom stereocenters. The van der Waals surface area contributed by atoms with Gasteiger partial charge in [-0.05, 0) is 0 Å². The second-order valence-electron chi connectivity index (χ2n) is 1.87. The van der Waals surface area contributed by atoms with E-state index in [9.17, 15) is 9.59 Å². The van der Waals surface area contributed by atoms with Crippen molar-refractivity contribution in [1.29, 1.82) is 0 Å². The maximum Gasteiger partial charge on any atom is 0.406 e. The summed E-state index contributed by atoms with van der Waals surface area (Å²) in [7, 11) is 1.47. The Kier molecular flexibility index (Phi) is 4.89. The third-order valence-electron chi connectivity index (χ3n) is 0.913. The van der Waals surface area contributed by atoms with Crippen molar-refractivity contribution in [2.24, 2.45) is 0 Å². The lowest BCUT2D eigenvalue weighted by molar-refractivity contribution is -0.119. The van der Waals surface area contributed by atoms with Gasteiger partial charge in [0.15, 0.2) is 0 Å². The highest BCUT2D eigenvalue weighted by molar-refractivity contribution is 5.72. The minimum Gasteiger partial charge on any atom is -0.448 e. The van der Waals surface area contributed by atoms with Crippen molar-refractivity contribution in [3.05, 3.63) is 0 Å². The Balaban J connectivity index is 3.14. The summed E-state index contributed by atoms with van der Waals surface area (Å²) in [5.41, 5.74) is 0. The molecule has 0 aromatic carbocycles. The predicted molar refractivity (Wildman–Crippen MR) is 39.1 cm³/mol. The first kappa shape index (κ1) is 9.74. The lowest BCUT2D eigenvalue weighted by Gasteiger charge is -2.03. The lowest BCUT2D eigenvalue weighted by Crippen LogP contribution is -2.28. The van der Waals surface area contributed by atoms with Crippen LogP contribution in [0.4, 0.5) is 4.79 Å². The van der Waals surface area contributed by atoms with Gasteiger partial charge < -0.3 is 15.4 Å². The Bertz CT molecular complexity index is 147. The number of carbonyl (C=O) groups excluding carboxylic acids is 2. The molecule has 0 aromatic heterocycles. The highest BCUT2D eigenvalue weighted by Gasteiger charge is 1.96. The number of alkyl carbamates (subject to hydrolysis) is 1. The number of nitrogens with one attached hydrogen (secondary N) is 2. The van der Waals surface area contributed by atoms with Crippen LogP contribution in [0.5, 0.6) is 0 Å². The van der Waals surface area contributed by atoms with Gasteiger partial charge in [-0.1, -0.05) is 0 Å². The fourth-order valence-corrected chi connectivity index (χ4v) is 0.443. The quantitative estimate of drug-likeness (QED) is 0.546. The first-order valence-corrected chi connectivity index (χ1v) is 3.25. The van der Waals surface area contributed by atoms with Crippen molar-refractivity contribution in [3.8, 4) is 0 Å². The Morgan fingerprint density at radius 1 is 1.45 bits per heavy atom. The molecule has 0 atom stereocenters. The maximum atomic E-state index is 10.4. The molecule has 2 N–H and O–H groups in total. The molecular weight excluding hydrogens is 148 g/mol. The molecule has 0 aliphatic heterocycles. The van der Waals surface area contributed by atoms with Crippen molar-refractivity contribution >= 4 is 12.0 Å². The second-order valence-corrected chi connectivity index (χ2v) is 1.87. The molecule has 5 heteroatoms. The zero-order chi connectivity index (χ0) is 8.69. The number of hydrogen-bond donors (Lipinski definition) is 2. The molecule has 0 aliphatic carbocycles. The Morgan fingerprint density at radius 3 is 2.55 bits per heavy atom. The molecule has 0 bridgehead atoms. The summed E-state index contributed by atoms with van der Waals surface area (Å²) in [5, 5.41) is 4.76. The summed E-state index contributed by atoms with van der Waals surface area (Å²) in [4.78, 5) is 20.7. The lowest BCUT2D eigenvalue weighted by atomic mass is 10.6. The molecule has 0 saturated carbocycles. The molecule has 0 radical (unpaired) electrons. The van der Waals surface area contributed by atoms with Gasteiger partial charge in [0.1, 0.15) is 6.61 Å².